The van der Waals surface area contributed by atoms with Crippen molar-refractivity contribution in [3.63, 3.8) is 0 Å². The van der Waals surface area contributed by atoms with E-state index in [0.29, 0.717) is 11.3 Å². The molecule has 136 valence electrons. The molecule has 0 unspecified atom stereocenters. The third-order valence-electron chi connectivity index (χ3n) is 3.54. The normalized spacial score (nSPS) is 11.3. The number of rotatable bonds is 5. The first kappa shape index (κ1) is 19.2. The van der Waals surface area contributed by atoms with Crippen molar-refractivity contribution in [1.82, 2.24) is 5.32 Å². The number of esters is 1. The number of hydrogen-bond donors (Lipinski definition) is 1. The summed E-state index contributed by atoms with van der Waals surface area (Å²) in [7, 11) is 0. The molecule has 1 heterocycles. The fourth-order valence-electron chi connectivity index (χ4n) is 2.08. The lowest BCUT2D eigenvalue weighted by Gasteiger charge is -2.18. The van der Waals surface area contributed by atoms with Crippen LogP contribution in [-0.4, -0.2) is 24.4 Å². The van der Waals surface area contributed by atoms with E-state index in [9.17, 15) is 14.4 Å². The highest BCUT2D eigenvalue weighted by molar-refractivity contribution is 6.05. The summed E-state index contributed by atoms with van der Waals surface area (Å²) in [5.74, 6) is -1.47. The highest BCUT2D eigenvalue weighted by atomic mass is 16.5. The second-order valence-electron chi connectivity index (χ2n) is 6.66. The van der Waals surface area contributed by atoms with Gasteiger partial charge in [0.1, 0.15) is 5.76 Å². The largest absolute Gasteiger partial charge is 0.465 e. The summed E-state index contributed by atoms with van der Waals surface area (Å²) in [4.78, 5) is 35.3. The van der Waals surface area contributed by atoms with E-state index in [0.717, 1.165) is 11.6 Å². The lowest BCUT2D eigenvalue weighted by atomic mass is 9.87. The molecule has 26 heavy (non-hydrogen) atoms. The number of nitrogens with one attached hydrogen (secondary N) is 1. The van der Waals surface area contributed by atoms with Crippen molar-refractivity contribution in [2.24, 2.45) is 0 Å². The molecule has 0 aliphatic carbocycles. The van der Waals surface area contributed by atoms with Crippen LogP contribution < -0.4 is 5.32 Å². The first-order valence-electron chi connectivity index (χ1n) is 8.09. The maximum atomic E-state index is 12.0. The van der Waals surface area contributed by atoms with Gasteiger partial charge in [0.25, 0.3) is 11.8 Å². The van der Waals surface area contributed by atoms with Gasteiger partial charge in [-0.05, 0) is 41.3 Å². The van der Waals surface area contributed by atoms with Crippen molar-refractivity contribution >= 4 is 23.9 Å². The smallest absolute Gasteiger partial charge is 0.331 e. The Morgan fingerprint density at radius 1 is 1.12 bits per heavy atom. The number of carbonyl (C=O) groups is 3. The standard InChI is InChI=1S/C20H21NO5/c1-20(2,3)15-8-6-14(7-9-15)19(24)21-17(22)13-26-18(23)11-10-16-5-4-12-25-16/h4-12H,13H2,1-3H3,(H,21,22,24)/b11-10+. The molecule has 0 saturated carbocycles. The highest BCUT2D eigenvalue weighted by Gasteiger charge is 2.15. The fraction of sp³-hybridized carbons (Fsp3) is 0.250. The molecule has 0 fully saturated rings. The predicted octanol–water partition coefficient (Wildman–Crippen LogP) is 3.09. The SMILES string of the molecule is CC(C)(C)c1ccc(C(=O)NC(=O)COC(=O)/C=C/c2ccco2)cc1. The van der Waals surface area contributed by atoms with Crippen molar-refractivity contribution in [2.45, 2.75) is 26.2 Å². The zero-order valence-electron chi connectivity index (χ0n) is 14.9. The van der Waals surface area contributed by atoms with Gasteiger partial charge >= 0.3 is 5.97 Å². The van der Waals surface area contributed by atoms with Crippen molar-refractivity contribution in [2.75, 3.05) is 6.61 Å². The summed E-state index contributed by atoms with van der Waals surface area (Å²) < 4.78 is 9.79. The fourth-order valence-corrected chi connectivity index (χ4v) is 2.08. The predicted molar refractivity (Wildman–Crippen MR) is 96.3 cm³/mol. The Hall–Kier alpha value is -3.15. The Bertz CT molecular complexity index is 796. The van der Waals surface area contributed by atoms with Crippen LogP contribution in [0, 0.1) is 0 Å². The minimum atomic E-state index is -0.710. The van der Waals surface area contributed by atoms with Crippen molar-refractivity contribution in [1.29, 1.82) is 0 Å². The zero-order chi connectivity index (χ0) is 19.2. The molecule has 2 amide bonds. The van der Waals surface area contributed by atoms with Crippen LogP contribution in [0.4, 0.5) is 0 Å². The van der Waals surface area contributed by atoms with E-state index in [1.54, 1.807) is 24.3 Å². The third kappa shape index (κ3) is 5.73. The molecule has 6 nitrogen and oxygen atoms in total. The molecule has 0 radical (unpaired) electrons. The first-order valence-corrected chi connectivity index (χ1v) is 8.09. The number of ether oxygens (including phenoxy) is 1. The molecule has 0 saturated heterocycles. The van der Waals surface area contributed by atoms with Gasteiger partial charge in [0.15, 0.2) is 6.61 Å². The summed E-state index contributed by atoms with van der Waals surface area (Å²) in [6.07, 6.45) is 4.03. The summed E-state index contributed by atoms with van der Waals surface area (Å²) in [6, 6.07) is 10.3. The average Bonchev–Trinajstić information content (AvgIpc) is 3.11. The molecule has 0 atom stereocenters. The quantitative estimate of drug-likeness (QED) is 0.658. The van der Waals surface area contributed by atoms with Crippen LogP contribution in [0.15, 0.2) is 53.2 Å². The first-order chi connectivity index (χ1) is 12.3. The van der Waals surface area contributed by atoms with E-state index in [4.69, 9.17) is 9.15 Å². The van der Waals surface area contributed by atoms with Crippen LogP contribution in [0.1, 0.15) is 42.5 Å². The summed E-state index contributed by atoms with van der Waals surface area (Å²) in [5.41, 5.74) is 1.41. The molecular weight excluding hydrogens is 334 g/mol. The van der Waals surface area contributed by atoms with Gasteiger partial charge in [0.05, 0.1) is 6.26 Å². The Kier molecular flexibility index (Phi) is 6.11. The van der Waals surface area contributed by atoms with E-state index in [2.05, 4.69) is 26.1 Å². The summed E-state index contributed by atoms with van der Waals surface area (Å²) in [5, 5.41) is 2.18. The van der Waals surface area contributed by atoms with Gasteiger partial charge in [-0.15, -0.1) is 0 Å². The molecule has 1 N–H and O–H groups in total. The van der Waals surface area contributed by atoms with Gasteiger partial charge < -0.3 is 9.15 Å². The van der Waals surface area contributed by atoms with E-state index < -0.39 is 24.4 Å². The van der Waals surface area contributed by atoms with Gasteiger partial charge in [-0.2, -0.15) is 0 Å². The second-order valence-corrected chi connectivity index (χ2v) is 6.66. The Morgan fingerprint density at radius 2 is 1.81 bits per heavy atom. The molecule has 1 aromatic heterocycles. The van der Waals surface area contributed by atoms with Crippen molar-refractivity contribution in [3.05, 3.63) is 65.6 Å². The van der Waals surface area contributed by atoms with Gasteiger partial charge in [0.2, 0.25) is 0 Å². The van der Waals surface area contributed by atoms with Gasteiger partial charge in [-0.25, -0.2) is 4.79 Å². The van der Waals surface area contributed by atoms with Crippen LogP contribution in [0.3, 0.4) is 0 Å². The van der Waals surface area contributed by atoms with E-state index in [-0.39, 0.29) is 5.41 Å². The van der Waals surface area contributed by atoms with E-state index >= 15 is 0 Å². The van der Waals surface area contributed by atoms with Crippen molar-refractivity contribution < 1.29 is 23.5 Å². The molecule has 0 aliphatic rings. The molecule has 0 aliphatic heterocycles. The van der Waals surface area contributed by atoms with Crippen LogP contribution in [0.2, 0.25) is 0 Å². The molecule has 1 aromatic carbocycles. The number of hydrogen-bond acceptors (Lipinski definition) is 5. The summed E-state index contributed by atoms with van der Waals surface area (Å²) >= 11 is 0. The number of imide groups is 1. The number of amides is 2. The van der Waals surface area contributed by atoms with Crippen molar-refractivity contribution in [3.8, 4) is 0 Å². The number of furan rings is 1. The van der Waals surface area contributed by atoms with Crippen LogP contribution >= 0.6 is 0 Å². The molecule has 2 rings (SSSR count). The summed E-state index contributed by atoms with van der Waals surface area (Å²) in [6.45, 7) is 5.66. The lowest BCUT2D eigenvalue weighted by molar-refractivity contribution is -0.143. The van der Waals surface area contributed by atoms with E-state index in [1.807, 2.05) is 12.1 Å². The minimum absolute atomic E-state index is 0.0256. The van der Waals surface area contributed by atoms with Gasteiger partial charge in [-0.3, -0.25) is 14.9 Å². The molecule has 2 aromatic rings. The van der Waals surface area contributed by atoms with E-state index in [1.165, 1.54) is 12.3 Å². The number of carbonyl (C=O) groups excluding carboxylic acids is 3. The molecule has 6 heteroatoms. The van der Waals surface area contributed by atoms with Gasteiger partial charge in [-0.1, -0.05) is 32.9 Å². The highest BCUT2D eigenvalue weighted by Crippen LogP contribution is 2.22. The van der Waals surface area contributed by atoms with Crippen LogP contribution in [0.5, 0.6) is 0 Å². The average molecular weight is 355 g/mol. The Balaban J connectivity index is 1.81. The minimum Gasteiger partial charge on any atom is -0.465 e. The Morgan fingerprint density at radius 3 is 2.38 bits per heavy atom. The van der Waals surface area contributed by atoms with Gasteiger partial charge in [0, 0.05) is 11.6 Å². The monoisotopic (exact) mass is 355 g/mol. The Labute approximate surface area is 151 Å². The molecular formula is C20H21NO5. The van der Waals surface area contributed by atoms with Crippen LogP contribution in [-0.2, 0) is 19.7 Å². The topological polar surface area (TPSA) is 85.6 Å². The molecule has 0 bridgehead atoms. The zero-order valence-corrected chi connectivity index (χ0v) is 14.9. The maximum Gasteiger partial charge on any atom is 0.331 e. The van der Waals surface area contributed by atoms with Crippen LogP contribution in [0.25, 0.3) is 6.08 Å². The second kappa shape index (κ2) is 8.29. The number of benzene rings is 1. The maximum absolute atomic E-state index is 12.0. The lowest BCUT2D eigenvalue weighted by Crippen LogP contribution is -2.34. The molecule has 0 spiro atoms. The third-order valence-corrected chi connectivity index (χ3v) is 3.54.